The summed E-state index contributed by atoms with van der Waals surface area (Å²) in [6.45, 7) is 2.49. The van der Waals surface area contributed by atoms with E-state index in [1.54, 1.807) is 12.4 Å². The number of benzene rings is 1. The van der Waals surface area contributed by atoms with Crippen molar-refractivity contribution in [1.82, 2.24) is 9.88 Å². The minimum Gasteiger partial charge on any atom is -0.292 e. The molecule has 0 bridgehead atoms. The fourth-order valence-corrected chi connectivity index (χ4v) is 1.97. The Kier molecular flexibility index (Phi) is 4.58. The molecule has 1 aromatic carbocycles. The van der Waals surface area contributed by atoms with Crippen LogP contribution in [0.2, 0.25) is 0 Å². The number of aromatic nitrogens is 1. The number of Topliss-reactive ketones (excluding diaryl/α,β-unsaturated/α-hetero) is 1. The monoisotopic (exact) mass is 272 g/mol. The molecule has 2 aromatic rings. The Hall–Kier alpha value is -2.07. The third-order valence-corrected chi connectivity index (χ3v) is 3.32. The molecule has 20 heavy (non-hydrogen) atoms. The van der Waals surface area contributed by atoms with E-state index < -0.39 is 0 Å². The lowest BCUT2D eigenvalue weighted by atomic mass is 10.0. The second-order valence-corrected chi connectivity index (χ2v) is 4.82. The highest BCUT2D eigenvalue weighted by Crippen LogP contribution is 2.11. The van der Waals surface area contributed by atoms with Crippen LogP contribution in [0.5, 0.6) is 0 Å². The van der Waals surface area contributed by atoms with E-state index in [9.17, 15) is 9.18 Å². The molecule has 0 saturated carbocycles. The fraction of sp³-hybridized carbons (Fsp3) is 0.250. The third kappa shape index (κ3) is 3.48. The molecule has 0 spiro atoms. The molecule has 0 aliphatic heterocycles. The minimum atomic E-state index is -0.335. The van der Waals surface area contributed by atoms with Crippen LogP contribution < -0.4 is 0 Å². The summed E-state index contributed by atoms with van der Waals surface area (Å²) < 4.78 is 12.9. The van der Waals surface area contributed by atoms with Crippen LogP contribution in [0.4, 0.5) is 4.39 Å². The molecular formula is C16H17FN2O. The van der Waals surface area contributed by atoms with Crippen LogP contribution >= 0.6 is 0 Å². The van der Waals surface area contributed by atoms with Gasteiger partial charge < -0.3 is 0 Å². The number of ketones is 1. The van der Waals surface area contributed by atoms with Crippen molar-refractivity contribution >= 4 is 5.78 Å². The molecular weight excluding hydrogens is 255 g/mol. The van der Waals surface area contributed by atoms with E-state index in [4.69, 9.17) is 0 Å². The van der Waals surface area contributed by atoms with Gasteiger partial charge >= 0.3 is 0 Å². The van der Waals surface area contributed by atoms with Crippen molar-refractivity contribution in [2.45, 2.75) is 19.5 Å². The first-order valence-corrected chi connectivity index (χ1v) is 6.47. The molecule has 4 heteroatoms. The summed E-state index contributed by atoms with van der Waals surface area (Å²) in [4.78, 5) is 18.3. The molecule has 0 aliphatic carbocycles. The SMILES string of the molecule is CC(C(=O)c1ccc(F)cc1)N(C)Cc1cccnc1. The normalized spacial score (nSPS) is 12.4. The second kappa shape index (κ2) is 6.39. The number of rotatable bonds is 5. The van der Waals surface area contributed by atoms with Gasteiger partial charge in [-0.15, -0.1) is 0 Å². The Balaban J connectivity index is 2.04. The van der Waals surface area contributed by atoms with Crippen LogP contribution in [-0.4, -0.2) is 28.8 Å². The number of carbonyl (C=O) groups excluding carboxylic acids is 1. The van der Waals surface area contributed by atoms with Crippen molar-refractivity contribution in [3.63, 3.8) is 0 Å². The number of nitrogens with zero attached hydrogens (tertiary/aromatic N) is 2. The zero-order valence-electron chi connectivity index (χ0n) is 11.6. The third-order valence-electron chi connectivity index (χ3n) is 3.32. The summed E-state index contributed by atoms with van der Waals surface area (Å²) in [7, 11) is 1.89. The molecule has 104 valence electrons. The smallest absolute Gasteiger partial charge is 0.179 e. The fourth-order valence-electron chi connectivity index (χ4n) is 1.97. The lowest BCUT2D eigenvalue weighted by Gasteiger charge is -2.23. The van der Waals surface area contributed by atoms with Crippen LogP contribution in [0.1, 0.15) is 22.8 Å². The highest BCUT2D eigenvalue weighted by atomic mass is 19.1. The lowest BCUT2D eigenvalue weighted by molar-refractivity contribution is 0.0862. The molecule has 0 fully saturated rings. The molecule has 1 aromatic heterocycles. The van der Waals surface area contributed by atoms with E-state index in [2.05, 4.69) is 4.98 Å². The lowest BCUT2D eigenvalue weighted by Crippen LogP contribution is -2.35. The van der Waals surface area contributed by atoms with Gasteiger partial charge in [-0.3, -0.25) is 14.7 Å². The highest BCUT2D eigenvalue weighted by molar-refractivity contribution is 5.99. The molecule has 0 amide bonds. The molecule has 0 radical (unpaired) electrons. The van der Waals surface area contributed by atoms with E-state index in [0.717, 1.165) is 5.56 Å². The molecule has 0 N–H and O–H groups in total. The van der Waals surface area contributed by atoms with Crippen LogP contribution in [0.15, 0.2) is 48.8 Å². The average molecular weight is 272 g/mol. The van der Waals surface area contributed by atoms with Crippen molar-refractivity contribution in [1.29, 1.82) is 0 Å². The van der Waals surface area contributed by atoms with Gasteiger partial charge in [0.25, 0.3) is 0 Å². The predicted molar refractivity (Wildman–Crippen MR) is 75.9 cm³/mol. The van der Waals surface area contributed by atoms with Gasteiger partial charge in [-0.25, -0.2) is 4.39 Å². The Morgan fingerprint density at radius 2 is 2.00 bits per heavy atom. The predicted octanol–water partition coefficient (Wildman–Crippen LogP) is 2.92. The number of hydrogen-bond donors (Lipinski definition) is 0. The summed E-state index contributed by atoms with van der Waals surface area (Å²) in [5.41, 5.74) is 1.57. The first kappa shape index (κ1) is 14.3. The minimum absolute atomic E-state index is 0.0172. The Bertz CT molecular complexity index is 569. The zero-order chi connectivity index (χ0) is 14.5. The molecule has 0 aliphatic rings. The van der Waals surface area contributed by atoms with Gasteiger partial charge in [-0.1, -0.05) is 6.07 Å². The maximum atomic E-state index is 12.9. The quantitative estimate of drug-likeness (QED) is 0.785. The van der Waals surface area contributed by atoms with Gasteiger partial charge in [-0.05, 0) is 49.9 Å². The van der Waals surface area contributed by atoms with E-state index in [0.29, 0.717) is 12.1 Å². The Morgan fingerprint density at radius 1 is 1.30 bits per heavy atom. The molecule has 1 atom stereocenters. The van der Waals surface area contributed by atoms with Crippen LogP contribution in [0, 0.1) is 5.82 Å². The number of hydrogen-bond acceptors (Lipinski definition) is 3. The van der Waals surface area contributed by atoms with Crippen LogP contribution in [0.3, 0.4) is 0 Å². The number of halogens is 1. The Labute approximate surface area is 118 Å². The second-order valence-electron chi connectivity index (χ2n) is 4.82. The van der Waals surface area contributed by atoms with Crippen molar-refractivity contribution in [3.05, 3.63) is 65.7 Å². The number of pyridine rings is 1. The van der Waals surface area contributed by atoms with Crippen molar-refractivity contribution in [2.24, 2.45) is 0 Å². The van der Waals surface area contributed by atoms with Gasteiger partial charge in [0, 0.05) is 24.5 Å². The summed E-state index contributed by atoms with van der Waals surface area (Å²) in [6, 6.07) is 9.22. The van der Waals surface area contributed by atoms with Crippen molar-refractivity contribution < 1.29 is 9.18 Å². The van der Waals surface area contributed by atoms with Gasteiger partial charge in [-0.2, -0.15) is 0 Å². The van der Waals surface area contributed by atoms with E-state index in [-0.39, 0.29) is 17.6 Å². The van der Waals surface area contributed by atoms with Crippen LogP contribution in [-0.2, 0) is 6.54 Å². The summed E-state index contributed by atoms with van der Waals surface area (Å²) >= 11 is 0. The van der Waals surface area contributed by atoms with E-state index >= 15 is 0 Å². The van der Waals surface area contributed by atoms with Crippen molar-refractivity contribution in [2.75, 3.05) is 7.05 Å². The maximum absolute atomic E-state index is 12.9. The maximum Gasteiger partial charge on any atom is 0.179 e. The highest BCUT2D eigenvalue weighted by Gasteiger charge is 2.19. The largest absolute Gasteiger partial charge is 0.292 e. The zero-order valence-corrected chi connectivity index (χ0v) is 11.6. The molecule has 0 saturated heterocycles. The van der Waals surface area contributed by atoms with Crippen LogP contribution in [0.25, 0.3) is 0 Å². The first-order valence-electron chi connectivity index (χ1n) is 6.47. The molecule has 2 rings (SSSR count). The van der Waals surface area contributed by atoms with E-state index in [1.165, 1.54) is 24.3 Å². The summed E-state index contributed by atoms with van der Waals surface area (Å²) in [5.74, 6) is -0.352. The summed E-state index contributed by atoms with van der Waals surface area (Å²) in [6.07, 6.45) is 3.50. The first-order chi connectivity index (χ1) is 9.58. The topological polar surface area (TPSA) is 33.2 Å². The summed E-state index contributed by atoms with van der Waals surface area (Å²) in [5, 5.41) is 0. The standard InChI is InChI=1S/C16H17FN2O/c1-12(16(20)14-5-7-15(17)8-6-14)19(2)11-13-4-3-9-18-10-13/h3-10,12H,11H2,1-2H3. The van der Waals surface area contributed by atoms with Gasteiger partial charge in [0.2, 0.25) is 0 Å². The van der Waals surface area contributed by atoms with Gasteiger partial charge in [0.1, 0.15) is 5.82 Å². The van der Waals surface area contributed by atoms with Crippen molar-refractivity contribution in [3.8, 4) is 0 Å². The average Bonchev–Trinajstić information content (AvgIpc) is 2.47. The molecule has 3 nitrogen and oxygen atoms in total. The number of likely N-dealkylation sites (N-methyl/N-ethyl adjacent to an activating group) is 1. The molecule has 1 heterocycles. The Morgan fingerprint density at radius 3 is 2.60 bits per heavy atom. The van der Waals surface area contributed by atoms with Gasteiger partial charge in [0.15, 0.2) is 5.78 Å². The molecule has 1 unspecified atom stereocenters. The number of carbonyl (C=O) groups is 1. The van der Waals surface area contributed by atoms with Gasteiger partial charge in [0.05, 0.1) is 6.04 Å². The van der Waals surface area contributed by atoms with E-state index in [1.807, 2.05) is 31.0 Å².